The van der Waals surface area contributed by atoms with E-state index < -0.39 is 0 Å². The van der Waals surface area contributed by atoms with Crippen molar-refractivity contribution in [2.75, 3.05) is 11.9 Å². The normalized spacial score (nSPS) is 9.77. The second-order valence-electron chi connectivity index (χ2n) is 3.02. The largest absolute Gasteiger partial charge is 0.378 e. The van der Waals surface area contributed by atoms with Crippen LogP contribution in [0, 0.1) is 6.92 Å². The molecule has 1 aromatic rings. The molecule has 0 heterocycles. The van der Waals surface area contributed by atoms with E-state index in [0.717, 1.165) is 16.3 Å². The maximum Gasteiger partial charge on any atom is 0.148 e. The van der Waals surface area contributed by atoms with Gasteiger partial charge in [0.2, 0.25) is 0 Å². The molecule has 0 spiro atoms. The van der Waals surface area contributed by atoms with Crippen LogP contribution < -0.4 is 5.32 Å². The lowest BCUT2D eigenvalue weighted by atomic mass is 10.2. The van der Waals surface area contributed by atoms with E-state index >= 15 is 0 Å². The Balaban J connectivity index is 2.68. The molecule has 0 amide bonds. The van der Waals surface area contributed by atoms with E-state index in [0.29, 0.717) is 6.54 Å². The average Bonchev–Trinajstić information content (AvgIpc) is 2.07. The number of ketones is 1. The van der Waals surface area contributed by atoms with E-state index in [1.54, 1.807) is 6.92 Å². The van der Waals surface area contributed by atoms with Crippen molar-refractivity contribution in [1.82, 2.24) is 0 Å². The van der Waals surface area contributed by atoms with Crippen LogP contribution in [0.25, 0.3) is 0 Å². The number of aryl methyl sites for hydroxylation is 1. The number of carbonyl (C=O) groups is 1. The quantitative estimate of drug-likeness (QED) is 0.807. The summed E-state index contributed by atoms with van der Waals surface area (Å²) in [6.07, 6.45) is 0. The van der Waals surface area contributed by atoms with Crippen LogP contribution in [0.3, 0.4) is 0 Å². The van der Waals surface area contributed by atoms with Crippen LogP contribution in [0.1, 0.15) is 12.5 Å². The highest BCUT2D eigenvalue weighted by Gasteiger charge is 1.97. The molecule has 0 saturated carbocycles. The van der Waals surface area contributed by atoms with Gasteiger partial charge in [0.05, 0.1) is 6.54 Å². The fraction of sp³-hybridized carbons (Fsp3) is 0.300. The van der Waals surface area contributed by atoms with E-state index in [-0.39, 0.29) is 5.78 Å². The minimum Gasteiger partial charge on any atom is -0.378 e. The molecule has 0 bridgehead atoms. The Labute approximate surface area is 82.9 Å². The third kappa shape index (κ3) is 3.07. The van der Waals surface area contributed by atoms with Crippen molar-refractivity contribution >= 4 is 23.1 Å². The van der Waals surface area contributed by atoms with Gasteiger partial charge in [-0.15, -0.1) is 0 Å². The highest BCUT2D eigenvalue weighted by Crippen LogP contribution is 2.18. The van der Waals surface area contributed by atoms with Crippen molar-refractivity contribution in [3.05, 3.63) is 28.8 Å². The molecule has 3 heteroatoms. The van der Waals surface area contributed by atoms with Crippen molar-refractivity contribution in [3.8, 4) is 0 Å². The number of hydrogen-bond donors (Lipinski definition) is 1. The molecule has 0 atom stereocenters. The van der Waals surface area contributed by atoms with Gasteiger partial charge < -0.3 is 5.32 Å². The van der Waals surface area contributed by atoms with Gasteiger partial charge in [-0.25, -0.2) is 0 Å². The summed E-state index contributed by atoms with van der Waals surface area (Å²) in [5, 5.41) is 3.75. The predicted molar refractivity (Wildman–Crippen MR) is 55.4 cm³/mol. The Morgan fingerprint density at radius 2 is 2.23 bits per heavy atom. The monoisotopic (exact) mass is 197 g/mol. The molecule has 0 aliphatic rings. The lowest BCUT2D eigenvalue weighted by molar-refractivity contribution is -0.115. The van der Waals surface area contributed by atoms with Gasteiger partial charge in [0.25, 0.3) is 0 Å². The summed E-state index contributed by atoms with van der Waals surface area (Å²) in [7, 11) is 0. The maximum atomic E-state index is 10.7. The fourth-order valence-corrected chi connectivity index (χ4v) is 1.10. The number of benzene rings is 1. The van der Waals surface area contributed by atoms with E-state index in [4.69, 9.17) is 11.6 Å². The van der Waals surface area contributed by atoms with Crippen molar-refractivity contribution in [2.24, 2.45) is 0 Å². The lowest BCUT2D eigenvalue weighted by Gasteiger charge is -2.05. The maximum absolute atomic E-state index is 10.7. The Hall–Kier alpha value is -1.02. The van der Waals surface area contributed by atoms with Gasteiger partial charge in [-0.05, 0) is 37.6 Å². The Morgan fingerprint density at radius 1 is 1.54 bits per heavy atom. The topological polar surface area (TPSA) is 29.1 Å². The molecule has 0 radical (unpaired) electrons. The molecular formula is C10H12ClNO. The van der Waals surface area contributed by atoms with E-state index in [9.17, 15) is 4.79 Å². The van der Waals surface area contributed by atoms with Crippen LogP contribution in [0.5, 0.6) is 0 Å². The molecule has 0 aliphatic carbocycles. The third-order valence-electron chi connectivity index (χ3n) is 1.70. The molecular weight excluding hydrogens is 186 g/mol. The minimum atomic E-state index is 0.118. The van der Waals surface area contributed by atoms with Crippen LogP contribution in [-0.2, 0) is 4.79 Å². The molecule has 13 heavy (non-hydrogen) atoms. The first-order chi connectivity index (χ1) is 6.09. The highest BCUT2D eigenvalue weighted by atomic mass is 35.5. The highest BCUT2D eigenvalue weighted by molar-refractivity contribution is 6.31. The Morgan fingerprint density at radius 3 is 2.77 bits per heavy atom. The zero-order chi connectivity index (χ0) is 9.84. The van der Waals surface area contributed by atoms with Gasteiger partial charge in [-0.1, -0.05) is 11.6 Å². The van der Waals surface area contributed by atoms with E-state index in [1.165, 1.54) is 0 Å². The Bertz CT molecular complexity index is 323. The molecule has 1 rings (SSSR count). The number of anilines is 1. The van der Waals surface area contributed by atoms with E-state index in [2.05, 4.69) is 5.32 Å². The minimum absolute atomic E-state index is 0.118. The van der Waals surface area contributed by atoms with Gasteiger partial charge in [0.15, 0.2) is 0 Å². The van der Waals surface area contributed by atoms with Crippen molar-refractivity contribution in [3.63, 3.8) is 0 Å². The van der Waals surface area contributed by atoms with Gasteiger partial charge in [-0.3, -0.25) is 4.79 Å². The van der Waals surface area contributed by atoms with Crippen molar-refractivity contribution in [1.29, 1.82) is 0 Å². The standard InChI is InChI=1S/C10H12ClNO/c1-7-5-9(3-4-10(7)11)12-6-8(2)13/h3-5,12H,6H2,1-2H3. The molecule has 1 N–H and O–H groups in total. The first-order valence-corrected chi connectivity index (χ1v) is 4.47. The molecule has 2 nitrogen and oxygen atoms in total. The summed E-state index contributed by atoms with van der Waals surface area (Å²) in [5.74, 6) is 0.118. The molecule has 0 aliphatic heterocycles. The number of rotatable bonds is 3. The van der Waals surface area contributed by atoms with Gasteiger partial charge in [0, 0.05) is 10.7 Å². The van der Waals surface area contributed by atoms with Gasteiger partial charge >= 0.3 is 0 Å². The van der Waals surface area contributed by atoms with Gasteiger partial charge in [-0.2, -0.15) is 0 Å². The first-order valence-electron chi connectivity index (χ1n) is 4.09. The SMILES string of the molecule is CC(=O)CNc1ccc(Cl)c(C)c1. The Kier molecular flexibility index (Phi) is 3.32. The van der Waals surface area contributed by atoms with Crippen LogP contribution in [0.15, 0.2) is 18.2 Å². The first kappa shape index (κ1) is 10.1. The predicted octanol–water partition coefficient (Wildman–Crippen LogP) is 2.65. The molecule has 70 valence electrons. The van der Waals surface area contributed by atoms with Crippen LogP contribution in [-0.4, -0.2) is 12.3 Å². The summed E-state index contributed by atoms with van der Waals surface area (Å²) in [5.41, 5.74) is 1.94. The number of halogens is 1. The number of carbonyl (C=O) groups excluding carboxylic acids is 1. The molecule has 0 saturated heterocycles. The molecule has 0 fully saturated rings. The second kappa shape index (κ2) is 4.28. The summed E-state index contributed by atoms with van der Waals surface area (Å²) < 4.78 is 0. The fourth-order valence-electron chi connectivity index (χ4n) is 0.981. The van der Waals surface area contributed by atoms with Crippen LogP contribution in [0.2, 0.25) is 5.02 Å². The molecule has 0 unspecified atom stereocenters. The summed E-state index contributed by atoms with van der Waals surface area (Å²) in [6, 6.07) is 5.60. The smallest absolute Gasteiger partial charge is 0.148 e. The number of Topliss-reactive ketones (excluding diaryl/α,β-unsaturated/α-hetero) is 1. The summed E-state index contributed by atoms with van der Waals surface area (Å²) >= 11 is 5.85. The molecule has 1 aromatic carbocycles. The summed E-state index contributed by atoms with van der Waals surface area (Å²) in [6.45, 7) is 3.85. The van der Waals surface area contributed by atoms with Crippen molar-refractivity contribution < 1.29 is 4.79 Å². The van der Waals surface area contributed by atoms with Crippen LogP contribution in [0.4, 0.5) is 5.69 Å². The average molecular weight is 198 g/mol. The zero-order valence-corrected chi connectivity index (χ0v) is 8.48. The second-order valence-corrected chi connectivity index (χ2v) is 3.43. The molecule has 0 aromatic heterocycles. The zero-order valence-electron chi connectivity index (χ0n) is 7.73. The third-order valence-corrected chi connectivity index (χ3v) is 2.12. The van der Waals surface area contributed by atoms with Gasteiger partial charge in [0.1, 0.15) is 5.78 Å². The van der Waals surface area contributed by atoms with E-state index in [1.807, 2.05) is 25.1 Å². The summed E-state index contributed by atoms with van der Waals surface area (Å²) in [4.78, 5) is 10.7. The van der Waals surface area contributed by atoms with Crippen LogP contribution >= 0.6 is 11.6 Å². The lowest BCUT2D eigenvalue weighted by Crippen LogP contribution is -2.09. The number of hydrogen-bond acceptors (Lipinski definition) is 2. The van der Waals surface area contributed by atoms with Crippen molar-refractivity contribution in [2.45, 2.75) is 13.8 Å². The number of nitrogens with one attached hydrogen (secondary N) is 1.